The van der Waals surface area contributed by atoms with Crippen LogP contribution in [-0.4, -0.2) is 12.5 Å². The summed E-state index contributed by atoms with van der Waals surface area (Å²) in [4.78, 5) is 12.6. The van der Waals surface area contributed by atoms with E-state index in [2.05, 4.69) is 33.9 Å². The minimum absolute atomic E-state index is 0.102. The van der Waals surface area contributed by atoms with Crippen molar-refractivity contribution in [2.75, 3.05) is 6.54 Å². The van der Waals surface area contributed by atoms with Crippen molar-refractivity contribution in [3.8, 4) is 0 Å². The Morgan fingerprint density at radius 2 is 2.40 bits per heavy atom. The molecule has 15 heavy (non-hydrogen) atoms. The number of hydrogen-bond donors (Lipinski definition) is 1. The second-order valence-electron chi connectivity index (χ2n) is 3.15. The van der Waals surface area contributed by atoms with E-state index in [4.69, 9.17) is 0 Å². The van der Waals surface area contributed by atoms with Gasteiger partial charge in [-0.2, -0.15) is 0 Å². The van der Waals surface area contributed by atoms with Crippen LogP contribution in [0.5, 0.6) is 0 Å². The third kappa shape index (κ3) is 5.14. The van der Waals surface area contributed by atoms with Crippen molar-refractivity contribution in [3.63, 3.8) is 0 Å². The fourth-order valence-corrected chi connectivity index (χ4v) is 2.71. The Morgan fingerprint density at radius 1 is 1.60 bits per heavy atom. The average Bonchev–Trinajstić information content (AvgIpc) is 2.61. The molecule has 0 unspecified atom stereocenters. The van der Waals surface area contributed by atoms with Gasteiger partial charge in [-0.25, -0.2) is 0 Å². The molecule has 0 aliphatic carbocycles. The molecule has 4 heteroatoms. The van der Waals surface area contributed by atoms with E-state index in [-0.39, 0.29) is 5.91 Å². The Hall–Kier alpha value is -0.610. The van der Waals surface area contributed by atoms with Gasteiger partial charge in [-0.15, -0.1) is 17.9 Å². The highest BCUT2D eigenvalue weighted by atomic mass is 79.9. The summed E-state index contributed by atoms with van der Waals surface area (Å²) in [5.41, 5.74) is 0. The van der Waals surface area contributed by atoms with E-state index >= 15 is 0 Å². The highest BCUT2D eigenvalue weighted by molar-refractivity contribution is 9.11. The molecule has 0 aliphatic heterocycles. The molecule has 1 aromatic heterocycles. The number of halogens is 1. The fraction of sp³-hybridized carbons (Fsp3) is 0.364. The van der Waals surface area contributed by atoms with Crippen LogP contribution in [0.25, 0.3) is 0 Å². The first-order chi connectivity index (χ1) is 7.22. The lowest BCUT2D eigenvalue weighted by Crippen LogP contribution is -2.22. The average molecular weight is 288 g/mol. The molecule has 0 saturated heterocycles. The molecule has 0 bridgehead atoms. The standard InChI is InChI=1S/C11H14BrNOS/c1-2-8-13-11(14)5-3-4-9-6-7-10(12)15-9/h2,6-7H,1,3-5,8H2,(H,13,14). The lowest BCUT2D eigenvalue weighted by molar-refractivity contribution is -0.120. The molecule has 1 N–H and O–H groups in total. The Balaban J connectivity index is 2.16. The van der Waals surface area contributed by atoms with Crippen LogP contribution >= 0.6 is 27.3 Å². The smallest absolute Gasteiger partial charge is 0.220 e. The Labute approximate surface area is 103 Å². The maximum Gasteiger partial charge on any atom is 0.220 e. The summed E-state index contributed by atoms with van der Waals surface area (Å²) >= 11 is 5.14. The largest absolute Gasteiger partial charge is 0.353 e. The molecule has 0 atom stereocenters. The molecular formula is C11H14BrNOS. The summed E-state index contributed by atoms with van der Waals surface area (Å²) in [5.74, 6) is 0.102. The van der Waals surface area contributed by atoms with Gasteiger partial charge in [0.2, 0.25) is 5.91 Å². The third-order valence-corrected chi connectivity index (χ3v) is 3.58. The third-order valence-electron chi connectivity index (χ3n) is 1.90. The number of carbonyl (C=O) groups is 1. The first-order valence-corrected chi connectivity index (χ1v) is 6.45. The van der Waals surface area contributed by atoms with Crippen molar-refractivity contribution in [1.82, 2.24) is 5.32 Å². The molecule has 1 heterocycles. The number of hydrogen-bond acceptors (Lipinski definition) is 2. The zero-order chi connectivity index (χ0) is 11.1. The maximum atomic E-state index is 11.2. The van der Waals surface area contributed by atoms with E-state index < -0.39 is 0 Å². The molecule has 1 rings (SSSR count). The molecule has 2 nitrogen and oxygen atoms in total. The molecule has 0 spiro atoms. The van der Waals surface area contributed by atoms with Gasteiger partial charge in [0.05, 0.1) is 3.79 Å². The summed E-state index contributed by atoms with van der Waals surface area (Å²) < 4.78 is 1.15. The van der Waals surface area contributed by atoms with Gasteiger partial charge in [0.25, 0.3) is 0 Å². The van der Waals surface area contributed by atoms with Gasteiger partial charge in [0.15, 0.2) is 0 Å². The predicted octanol–water partition coefficient (Wildman–Crippen LogP) is 3.14. The number of amides is 1. The highest BCUT2D eigenvalue weighted by Gasteiger charge is 2.01. The van der Waals surface area contributed by atoms with Gasteiger partial charge in [-0.05, 0) is 40.9 Å². The topological polar surface area (TPSA) is 29.1 Å². The molecule has 0 aromatic carbocycles. The van der Waals surface area contributed by atoms with E-state index in [1.54, 1.807) is 17.4 Å². The number of rotatable bonds is 6. The normalized spacial score (nSPS) is 9.93. The van der Waals surface area contributed by atoms with Gasteiger partial charge in [-0.3, -0.25) is 4.79 Å². The summed E-state index contributed by atoms with van der Waals surface area (Å²) in [6.45, 7) is 4.10. The first-order valence-electron chi connectivity index (χ1n) is 4.84. The second kappa shape index (κ2) is 6.80. The SMILES string of the molecule is C=CCNC(=O)CCCc1ccc(Br)s1. The second-order valence-corrected chi connectivity index (χ2v) is 5.70. The molecular weight excluding hydrogens is 274 g/mol. The minimum atomic E-state index is 0.102. The van der Waals surface area contributed by atoms with Crippen LogP contribution in [0.2, 0.25) is 0 Å². The molecule has 0 aliphatic rings. The van der Waals surface area contributed by atoms with Crippen molar-refractivity contribution in [2.24, 2.45) is 0 Å². The summed E-state index contributed by atoms with van der Waals surface area (Å²) in [6, 6.07) is 4.13. The number of nitrogens with one attached hydrogen (secondary N) is 1. The van der Waals surface area contributed by atoms with Crippen LogP contribution in [-0.2, 0) is 11.2 Å². The quantitative estimate of drug-likeness (QED) is 0.801. The van der Waals surface area contributed by atoms with Crippen LogP contribution < -0.4 is 5.32 Å². The van der Waals surface area contributed by atoms with Crippen molar-refractivity contribution >= 4 is 33.2 Å². The molecule has 82 valence electrons. The molecule has 0 saturated carbocycles. The van der Waals surface area contributed by atoms with Crippen molar-refractivity contribution in [3.05, 3.63) is 33.5 Å². The van der Waals surface area contributed by atoms with Crippen LogP contribution in [0.4, 0.5) is 0 Å². The number of aryl methyl sites for hydroxylation is 1. The monoisotopic (exact) mass is 287 g/mol. The zero-order valence-corrected chi connectivity index (χ0v) is 10.9. The van der Waals surface area contributed by atoms with E-state index in [1.165, 1.54) is 4.88 Å². The number of thiophene rings is 1. The number of carbonyl (C=O) groups excluding carboxylic acids is 1. The lowest BCUT2D eigenvalue weighted by atomic mass is 10.2. The minimum Gasteiger partial charge on any atom is -0.353 e. The van der Waals surface area contributed by atoms with Gasteiger partial charge >= 0.3 is 0 Å². The van der Waals surface area contributed by atoms with Gasteiger partial charge < -0.3 is 5.32 Å². The van der Waals surface area contributed by atoms with Crippen LogP contribution in [0.3, 0.4) is 0 Å². The fourth-order valence-electron chi connectivity index (χ4n) is 1.18. The summed E-state index contributed by atoms with van der Waals surface area (Å²) in [7, 11) is 0. The Bertz CT molecular complexity index is 335. The molecule has 0 radical (unpaired) electrons. The summed E-state index contributed by atoms with van der Waals surface area (Å²) in [5, 5.41) is 2.76. The Morgan fingerprint density at radius 3 is 3.00 bits per heavy atom. The lowest BCUT2D eigenvalue weighted by Gasteiger charge is -2.00. The first kappa shape index (κ1) is 12.5. The van der Waals surface area contributed by atoms with E-state index in [0.717, 1.165) is 16.6 Å². The molecule has 1 amide bonds. The predicted molar refractivity (Wildman–Crippen MR) is 68.2 cm³/mol. The van der Waals surface area contributed by atoms with Gasteiger partial charge in [0, 0.05) is 17.8 Å². The van der Waals surface area contributed by atoms with E-state index in [0.29, 0.717) is 13.0 Å². The van der Waals surface area contributed by atoms with Gasteiger partial charge in [-0.1, -0.05) is 6.08 Å². The molecule has 0 fully saturated rings. The van der Waals surface area contributed by atoms with Crippen molar-refractivity contribution in [1.29, 1.82) is 0 Å². The van der Waals surface area contributed by atoms with Crippen LogP contribution in [0.1, 0.15) is 17.7 Å². The van der Waals surface area contributed by atoms with Crippen LogP contribution in [0.15, 0.2) is 28.6 Å². The molecule has 1 aromatic rings. The zero-order valence-electron chi connectivity index (χ0n) is 8.46. The van der Waals surface area contributed by atoms with E-state index in [1.807, 2.05) is 6.07 Å². The van der Waals surface area contributed by atoms with Crippen LogP contribution in [0, 0.1) is 0 Å². The van der Waals surface area contributed by atoms with E-state index in [9.17, 15) is 4.79 Å². The highest BCUT2D eigenvalue weighted by Crippen LogP contribution is 2.23. The Kier molecular flexibility index (Phi) is 5.65. The maximum absolute atomic E-state index is 11.2. The van der Waals surface area contributed by atoms with Crippen molar-refractivity contribution in [2.45, 2.75) is 19.3 Å². The van der Waals surface area contributed by atoms with Crippen molar-refractivity contribution < 1.29 is 4.79 Å². The van der Waals surface area contributed by atoms with Gasteiger partial charge in [0.1, 0.15) is 0 Å². The summed E-state index contributed by atoms with van der Waals surface area (Å²) in [6.07, 6.45) is 4.14.